The summed E-state index contributed by atoms with van der Waals surface area (Å²) in [7, 11) is 1.58. The van der Waals surface area contributed by atoms with Crippen molar-refractivity contribution >= 4 is 55.2 Å². The fraction of sp³-hybridized carbons (Fsp3) is 0.120. The topological polar surface area (TPSA) is 55.6 Å². The number of hydrogen-bond donors (Lipinski definition) is 0. The molecule has 0 unspecified atom stereocenters. The van der Waals surface area contributed by atoms with E-state index >= 15 is 0 Å². The number of aromatic nitrogens is 1. The van der Waals surface area contributed by atoms with Crippen LogP contribution in [0.25, 0.3) is 21.2 Å². The molecule has 1 amide bonds. The molecule has 0 spiro atoms. The highest BCUT2D eigenvalue weighted by Gasteiger charge is 2.26. The number of methoxy groups -OCH3 is 1. The van der Waals surface area contributed by atoms with E-state index < -0.39 is 0 Å². The fourth-order valence-electron chi connectivity index (χ4n) is 3.63. The monoisotopic (exact) mass is 462 g/mol. The Bertz CT molecular complexity index is 1400. The SMILES string of the molecule is COc1cccc2cc(C(=O)N(Cc3ccccc3)c3nc4c(C)ccc(Cl)c4s3)oc12. The second kappa shape index (κ2) is 8.30. The van der Waals surface area contributed by atoms with Crippen LogP contribution in [0.3, 0.4) is 0 Å². The number of para-hydroxylation sites is 1. The molecular formula is C25H19ClN2O3S. The maximum absolute atomic E-state index is 13.7. The van der Waals surface area contributed by atoms with Gasteiger partial charge in [-0.05, 0) is 36.2 Å². The van der Waals surface area contributed by atoms with Gasteiger partial charge in [0.1, 0.15) is 0 Å². The first-order chi connectivity index (χ1) is 15.5. The molecule has 32 heavy (non-hydrogen) atoms. The lowest BCUT2D eigenvalue weighted by Gasteiger charge is -2.18. The van der Waals surface area contributed by atoms with Gasteiger partial charge in [-0.25, -0.2) is 4.98 Å². The van der Waals surface area contributed by atoms with Crippen LogP contribution in [0.5, 0.6) is 5.75 Å². The summed E-state index contributed by atoms with van der Waals surface area (Å²) in [5.41, 5.74) is 3.33. The average Bonchev–Trinajstić information content (AvgIpc) is 3.45. The van der Waals surface area contributed by atoms with Crippen LogP contribution in [0.1, 0.15) is 21.7 Å². The molecule has 0 N–H and O–H groups in total. The Kier molecular flexibility index (Phi) is 5.33. The summed E-state index contributed by atoms with van der Waals surface area (Å²) >= 11 is 7.82. The second-order valence-electron chi connectivity index (χ2n) is 7.40. The van der Waals surface area contributed by atoms with E-state index in [1.54, 1.807) is 24.1 Å². The van der Waals surface area contributed by atoms with Gasteiger partial charge < -0.3 is 9.15 Å². The molecule has 7 heteroatoms. The summed E-state index contributed by atoms with van der Waals surface area (Å²) in [5, 5.41) is 1.99. The van der Waals surface area contributed by atoms with E-state index in [4.69, 9.17) is 25.7 Å². The molecular weight excluding hydrogens is 444 g/mol. The van der Waals surface area contributed by atoms with Crippen LogP contribution < -0.4 is 9.64 Å². The number of nitrogens with zero attached hydrogens (tertiary/aromatic N) is 2. The zero-order valence-corrected chi connectivity index (χ0v) is 19.0. The summed E-state index contributed by atoms with van der Waals surface area (Å²) in [5.74, 6) is 0.529. The van der Waals surface area contributed by atoms with Gasteiger partial charge >= 0.3 is 0 Å². The van der Waals surface area contributed by atoms with Crippen LogP contribution in [0.15, 0.2) is 71.1 Å². The van der Waals surface area contributed by atoms with Crippen molar-refractivity contribution in [3.63, 3.8) is 0 Å². The first-order valence-corrected chi connectivity index (χ1v) is 11.2. The molecule has 160 valence electrons. The van der Waals surface area contributed by atoms with Crippen LogP contribution in [0.4, 0.5) is 5.13 Å². The van der Waals surface area contributed by atoms with Gasteiger partial charge in [0.15, 0.2) is 22.2 Å². The van der Waals surface area contributed by atoms with Crippen LogP contribution in [0.2, 0.25) is 5.02 Å². The van der Waals surface area contributed by atoms with Gasteiger partial charge in [0.05, 0.1) is 28.9 Å². The Balaban J connectivity index is 1.62. The number of rotatable bonds is 5. The van der Waals surface area contributed by atoms with E-state index in [0.29, 0.717) is 28.0 Å². The fourth-order valence-corrected chi connectivity index (χ4v) is 4.95. The molecule has 0 aliphatic rings. The number of benzene rings is 3. The number of thiazole rings is 1. The number of amides is 1. The average molecular weight is 463 g/mol. The van der Waals surface area contributed by atoms with Gasteiger partial charge in [0, 0.05) is 5.39 Å². The maximum atomic E-state index is 13.7. The Morgan fingerprint density at radius 2 is 1.94 bits per heavy atom. The molecule has 0 atom stereocenters. The number of aryl methyl sites for hydroxylation is 1. The van der Waals surface area contributed by atoms with Crippen molar-refractivity contribution in [3.8, 4) is 5.75 Å². The standard InChI is InChI=1S/C25H19ClN2O3S/c1-15-11-12-18(26)23-21(15)27-25(32-23)28(14-16-7-4-3-5-8-16)24(29)20-13-17-9-6-10-19(30-2)22(17)31-20/h3-13H,14H2,1-2H3. The number of hydrogen-bond acceptors (Lipinski definition) is 5. The molecule has 0 aliphatic heterocycles. The quantitative estimate of drug-likeness (QED) is 0.286. The molecule has 2 aromatic heterocycles. The predicted molar refractivity (Wildman–Crippen MR) is 129 cm³/mol. The van der Waals surface area contributed by atoms with Gasteiger partial charge in [-0.15, -0.1) is 0 Å². The van der Waals surface area contributed by atoms with Crippen molar-refractivity contribution in [2.24, 2.45) is 0 Å². The summed E-state index contributed by atoms with van der Waals surface area (Å²) in [4.78, 5) is 20.1. The van der Waals surface area contributed by atoms with E-state index in [1.165, 1.54) is 11.3 Å². The first kappa shape index (κ1) is 20.5. The van der Waals surface area contributed by atoms with Gasteiger partial charge in [-0.3, -0.25) is 9.69 Å². The van der Waals surface area contributed by atoms with E-state index in [9.17, 15) is 4.79 Å². The smallest absolute Gasteiger partial charge is 0.296 e. The van der Waals surface area contributed by atoms with Crippen molar-refractivity contribution < 1.29 is 13.9 Å². The number of furan rings is 1. The number of carbonyl (C=O) groups excluding carboxylic acids is 1. The zero-order chi connectivity index (χ0) is 22.2. The van der Waals surface area contributed by atoms with Crippen molar-refractivity contribution in [2.45, 2.75) is 13.5 Å². The van der Waals surface area contributed by atoms with E-state index in [2.05, 4.69) is 0 Å². The van der Waals surface area contributed by atoms with E-state index in [1.807, 2.05) is 61.5 Å². The van der Waals surface area contributed by atoms with Gasteiger partial charge in [-0.2, -0.15) is 0 Å². The summed E-state index contributed by atoms with van der Waals surface area (Å²) in [6.07, 6.45) is 0. The zero-order valence-electron chi connectivity index (χ0n) is 17.5. The van der Waals surface area contributed by atoms with Crippen LogP contribution in [-0.4, -0.2) is 18.0 Å². The summed E-state index contributed by atoms with van der Waals surface area (Å²) < 4.78 is 12.2. The molecule has 5 nitrogen and oxygen atoms in total. The lowest BCUT2D eigenvalue weighted by molar-refractivity contribution is 0.0960. The highest BCUT2D eigenvalue weighted by molar-refractivity contribution is 7.23. The van der Waals surface area contributed by atoms with Crippen molar-refractivity contribution in [2.75, 3.05) is 12.0 Å². The molecule has 0 aliphatic carbocycles. The number of ether oxygens (including phenoxy) is 1. The number of halogens is 1. The number of carbonyl (C=O) groups is 1. The Hall–Kier alpha value is -3.35. The van der Waals surface area contributed by atoms with Crippen molar-refractivity contribution in [1.29, 1.82) is 0 Å². The molecule has 0 saturated heterocycles. The number of anilines is 1. The minimum Gasteiger partial charge on any atom is -0.493 e. The van der Waals surface area contributed by atoms with Crippen LogP contribution >= 0.6 is 22.9 Å². The van der Waals surface area contributed by atoms with Gasteiger partial charge in [0.2, 0.25) is 0 Å². The number of fused-ring (bicyclic) bond motifs is 2. The van der Waals surface area contributed by atoms with E-state index in [-0.39, 0.29) is 11.7 Å². The molecule has 0 bridgehead atoms. The molecule has 0 radical (unpaired) electrons. The lowest BCUT2D eigenvalue weighted by atomic mass is 10.2. The largest absolute Gasteiger partial charge is 0.493 e. The third-order valence-corrected chi connectivity index (χ3v) is 6.82. The normalized spacial score (nSPS) is 11.2. The summed E-state index contributed by atoms with van der Waals surface area (Å²) in [6.45, 7) is 2.33. The van der Waals surface area contributed by atoms with E-state index in [0.717, 1.165) is 26.7 Å². The minimum absolute atomic E-state index is 0.225. The minimum atomic E-state index is -0.278. The lowest BCUT2D eigenvalue weighted by Crippen LogP contribution is -2.30. The second-order valence-corrected chi connectivity index (χ2v) is 8.79. The molecule has 5 aromatic rings. The van der Waals surface area contributed by atoms with Gasteiger partial charge in [-0.1, -0.05) is 71.5 Å². The predicted octanol–water partition coefficient (Wildman–Crippen LogP) is 6.86. The molecule has 2 heterocycles. The summed E-state index contributed by atoms with van der Waals surface area (Å²) in [6, 6.07) is 20.9. The third-order valence-electron chi connectivity index (χ3n) is 5.28. The van der Waals surface area contributed by atoms with Gasteiger partial charge in [0.25, 0.3) is 5.91 Å². The van der Waals surface area contributed by atoms with Crippen molar-refractivity contribution in [1.82, 2.24) is 4.98 Å². The third kappa shape index (κ3) is 3.61. The Morgan fingerprint density at radius 3 is 2.69 bits per heavy atom. The Labute approximate surface area is 193 Å². The molecule has 0 saturated carbocycles. The molecule has 0 fully saturated rings. The van der Waals surface area contributed by atoms with Crippen LogP contribution in [0, 0.1) is 6.92 Å². The Morgan fingerprint density at radius 1 is 1.12 bits per heavy atom. The molecule has 3 aromatic carbocycles. The van der Waals surface area contributed by atoms with Crippen molar-refractivity contribution in [3.05, 3.63) is 88.6 Å². The van der Waals surface area contributed by atoms with Crippen LogP contribution in [-0.2, 0) is 6.54 Å². The first-order valence-electron chi connectivity index (χ1n) is 10.0. The highest BCUT2D eigenvalue weighted by atomic mass is 35.5. The maximum Gasteiger partial charge on any atom is 0.296 e. The molecule has 5 rings (SSSR count). The highest BCUT2D eigenvalue weighted by Crippen LogP contribution is 2.37.